The highest BCUT2D eigenvalue weighted by molar-refractivity contribution is 5.78. The fourth-order valence-electron chi connectivity index (χ4n) is 2.28. The van der Waals surface area contributed by atoms with E-state index in [2.05, 4.69) is 15.4 Å². The molecule has 0 spiro atoms. The molecule has 0 aromatic carbocycles. The van der Waals surface area contributed by atoms with Crippen molar-refractivity contribution >= 4 is 5.91 Å². The van der Waals surface area contributed by atoms with E-state index in [1.54, 1.807) is 30.0 Å². The topological polar surface area (TPSA) is 86.1 Å². The molecule has 1 unspecified atom stereocenters. The minimum atomic E-state index is -0.166. The second-order valence-corrected chi connectivity index (χ2v) is 5.38. The van der Waals surface area contributed by atoms with Crippen LogP contribution in [0.5, 0.6) is 0 Å². The predicted octanol–water partition coefficient (Wildman–Crippen LogP) is 2.40. The van der Waals surface area contributed by atoms with E-state index in [1.807, 2.05) is 26.2 Å². The molecule has 0 saturated heterocycles. The van der Waals surface area contributed by atoms with E-state index in [-0.39, 0.29) is 18.4 Å². The molecule has 7 heteroatoms. The highest BCUT2D eigenvalue weighted by Gasteiger charge is 2.18. The van der Waals surface area contributed by atoms with Gasteiger partial charge in [-0.1, -0.05) is 0 Å². The molecule has 3 aromatic heterocycles. The van der Waals surface area contributed by atoms with E-state index in [0.717, 1.165) is 5.69 Å². The van der Waals surface area contributed by atoms with Gasteiger partial charge in [0.1, 0.15) is 5.76 Å². The smallest absolute Gasteiger partial charge is 0.263 e. The van der Waals surface area contributed by atoms with Crippen LogP contribution < -0.4 is 5.32 Å². The number of carbonyl (C=O) groups excluding carboxylic acids is 1. The van der Waals surface area contributed by atoms with Crippen molar-refractivity contribution in [3.8, 4) is 11.7 Å². The first-order valence-electron chi connectivity index (χ1n) is 7.32. The summed E-state index contributed by atoms with van der Waals surface area (Å²) < 4.78 is 12.5. The maximum Gasteiger partial charge on any atom is 0.263 e. The van der Waals surface area contributed by atoms with E-state index in [0.29, 0.717) is 23.1 Å². The van der Waals surface area contributed by atoms with Crippen LogP contribution >= 0.6 is 0 Å². The molecule has 1 atom stereocenters. The lowest BCUT2D eigenvalue weighted by molar-refractivity contribution is -0.121. The molecule has 3 rings (SSSR count). The molecule has 0 saturated carbocycles. The molecule has 0 fully saturated rings. The Hall–Kier alpha value is -2.83. The van der Waals surface area contributed by atoms with Gasteiger partial charge in [-0.2, -0.15) is 5.10 Å². The van der Waals surface area contributed by atoms with E-state index < -0.39 is 0 Å². The number of nitrogens with zero attached hydrogens (tertiary/aromatic N) is 3. The van der Waals surface area contributed by atoms with Gasteiger partial charge >= 0.3 is 0 Å². The van der Waals surface area contributed by atoms with Gasteiger partial charge in [-0.25, -0.2) is 4.98 Å². The number of oxazole rings is 1. The SMILES string of the molecule is Cc1oc(-c2ccco2)nc1CC(=O)NC(C)c1ccn(C)n1. The van der Waals surface area contributed by atoms with E-state index in [4.69, 9.17) is 8.83 Å². The molecule has 3 aromatic rings. The van der Waals surface area contributed by atoms with Crippen LogP contribution in [-0.4, -0.2) is 20.7 Å². The third-order valence-corrected chi connectivity index (χ3v) is 3.51. The zero-order valence-corrected chi connectivity index (χ0v) is 13.2. The number of aryl methyl sites for hydroxylation is 2. The summed E-state index contributed by atoms with van der Waals surface area (Å²) in [5.41, 5.74) is 1.41. The lowest BCUT2D eigenvalue weighted by Crippen LogP contribution is -2.28. The molecular formula is C16H18N4O3. The van der Waals surface area contributed by atoms with Gasteiger partial charge in [0.05, 0.1) is 30.1 Å². The van der Waals surface area contributed by atoms with Gasteiger partial charge in [0.15, 0.2) is 5.76 Å². The Balaban J connectivity index is 1.66. The molecule has 0 aliphatic rings. The van der Waals surface area contributed by atoms with Crippen molar-refractivity contribution in [1.29, 1.82) is 0 Å². The summed E-state index contributed by atoms with van der Waals surface area (Å²) in [6.45, 7) is 3.67. The van der Waals surface area contributed by atoms with Gasteiger partial charge in [-0.3, -0.25) is 9.48 Å². The first-order valence-corrected chi connectivity index (χ1v) is 7.32. The second kappa shape index (κ2) is 6.12. The van der Waals surface area contributed by atoms with Gasteiger partial charge in [0.25, 0.3) is 5.89 Å². The van der Waals surface area contributed by atoms with Crippen molar-refractivity contribution in [3.63, 3.8) is 0 Å². The third kappa shape index (κ3) is 3.33. The summed E-state index contributed by atoms with van der Waals surface area (Å²) in [4.78, 5) is 16.5. The fourth-order valence-corrected chi connectivity index (χ4v) is 2.28. The van der Waals surface area contributed by atoms with Gasteiger partial charge < -0.3 is 14.2 Å². The normalized spacial score (nSPS) is 12.3. The maximum atomic E-state index is 12.2. The Kier molecular flexibility index (Phi) is 4.01. The van der Waals surface area contributed by atoms with Gasteiger partial charge in [0, 0.05) is 13.2 Å². The fraction of sp³-hybridized carbons (Fsp3) is 0.312. The quantitative estimate of drug-likeness (QED) is 0.781. The zero-order valence-electron chi connectivity index (χ0n) is 13.2. The minimum Gasteiger partial charge on any atom is -0.459 e. The molecular weight excluding hydrogens is 296 g/mol. The van der Waals surface area contributed by atoms with Crippen molar-refractivity contribution in [2.45, 2.75) is 26.3 Å². The van der Waals surface area contributed by atoms with Crippen LogP contribution in [0.15, 0.2) is 39.5 Å². The van der Waals surface area contributed by atoms with Crippen LogP contribution in [0.2, 0.25) is 0 Å². The van der Waals surface area contributed by atoms with Crippen LogP contribution in [0.3, 0.4) is 0 Å². The molecule has 23 heavy (non-hydrogen) atoms. The van der Waals surface area contributed by atoms with Gasteiger partial charge in [-0.05, 0) is 32.0 Å². The molecule has 7 nitrogen and oxygen atoms in total. The number of amides is 1. The average Bonchev–Trinajstić information content (AvgIpc) is 3.20. The van der Waals surface area contributed by atoms with Crippen molar-refractivity contribution in [3.05, 3.63) is 47.8 Å². The van der Waals surface area contributed by atoms with Crippen LogP contribution in [0, 0.1) is 6.92 Å². The third-order valence-electron chi connectivity index (χ3n) is 3.51. The number of rotatable bonds is 5. The molecule has 3 heterocycles. The molecule has 1 amide bonds. The van der Waals surface area contributed by atoms with Gasteiger partial charge in [-0.15, -0.1) is 0 Å². The summed E-state index contributed by atoms with van der Waals surface area (Å²) in [6.07, 6.45) is 3.54. The minimum absolute atomic E-state index is 0.134. The predicted molar refractivity (Wildman–Crippen MR) is 82.4 cm³/mol. The number of carbonyl (C=O) groups is 1. The average molecular weight is 314 g/mol. The Labute approximate surface area is 133 Å². The number of aromatic nitrogens is 3. The summed E-state index contributed by atoms with van der Waals surface area (Å²) in [7, 11) is 1.84. The Morgan fingerprint density at radius 2 is 2.26 bits per heavy atom. The zero-order chi connectivity index (χ0) is 16.4. The van der Waals surface area contributed by atoms with E-state index in [1.165, 1.54) is 0 Å². The monoisotopic (exact) mass is 314 g/mol. The first-order chi connectivity index (χ1) is 11.0. The van der Waals surface area contributed by atoms with E-state index >= 15 is 0 Å². The molecule has 0 bridgehead atoms. The molecule has 0 aliphatic heterocycles. The standard InChI is InChI=1S/C16H18N4O3/c1-10(12-6-7-20(3)19-12)17-15(21)9-13-11(2)23-16(18-13)14-5-4-8-22-14/h4-8,10H,9H2,1-3H3,(H,17,21). The Morgan fingerprint density at radius 3 is 2.91 bits per heavy atom. The summed E-state index contributed by atoms with van der Waals surface area (Å²) >= 11 is 0. The maximum absolute atomic E-state index is 12.2. The molecule has 1 N–H and O–H groups in total. The summed E-state index contributed by atoms with van der Waals surface area (Å²) in [5.74, 6) is 1.40. The number of hydrogen-bond donors (Lipinski definition) is 1. The van der Waals surface area contributed by atoms with Crippen LogP contribution in [0.4, 0.5) is 0 Å². The van der Waals surface area contributed by atoms with Crippen molar-refractivity contribution in [2.24, 2.45) is 7.05 Å². The van der Waals surface area contributed by atoms with Crippen LogP contribution in [0.1, 0.15) is 30.1 Å². The number of furan rings is 1. The summed E-state index contributed by atoms with van der Waals surface area (Å²) in [6, 6.07) is 5.23. The van der Waals surface area contributed by atoms with E-state index in [9.17, 15) is 4.79 Å². The highest BCUT2D eigenvalue weighted by Crippen LogP contribution is 2.22. The van der Waals surface area contributed by atoms with Crippen LogP contribution in [-0.2, 0) is 18.3 Å². The summed E-state index contributed by atoms with van der Waals surface area (Å²) in [5, 5.41) is 7.19. The lowest BCUT2D eigenvalue weighted by atomic mass is 10.2. The second-order valence-electron chi connectivity index (χ2n) is 5.38. The van der Waals surface area contributed by atoms with Crippen molar-refractivity contribution in [1.82, 2.24) is 20.1 Å². The molecule has 0 radical (unpaired) electrons. The van der Waals surface area contributed by atoms with Crippen molar-refractivity contribution < 1.29 is 13.6 Å². The number of nitrogens with one attached hydrogen (secondary N) is 1. The Bertz CT molecular complexity index is 801. The largest absolute Gasteiger partial charge is 0.459 e. The van der Waals surface area contributed by atoms with Crippen LogP contribution in [0.25, 0.3) is 11.7 Å². The highest BCUT2D eigenvalue weighted by atomic mass is 16.4. The first kappa shape index (κ1) is 15.1. The van der Waals surface area contributed by atoms with Gasteiger partial charge in [0.2, 0.25) is 5.91 Å². The van der Waals surface area contributed by atoms with Crippen molar-refractivity contribution in [2.75, 3.05) is 0 Å². The lowest BCUT2D eigenvalue weighted by Gasteiger charge is -2.10. The molecule has 120 valence electrons. The Morgan fingerprint density at radius 1 is 1.43 bits per heavy atom. The number of hydrogen-bond acceptors (Lipinski definition) is 5. The molecule has 0 aliphatic carbocycles.